The first-order valence-electron chi connectivity index (χ1n) is 6.93. The fraction of sp³-hybridized carbons (Fsp3) is 0.917. The number of nitrogens with one attached hydrogen (secondary N) is 2. The van der Waals surface area contributed by atoms with Gasteiger partial charge in [-0.2, -0.15) is 0 Å². The first-order chi connectivity index (χ1) is 9.45. The van der Waals surface area contributed by atoms with Crippen molar-refractivity contribution in [1.29, 1.82) is 0 Å². The normalized spacial score (nSPS) is 12.8. The molecule has 0 radical (unpaired) electrons. The molecule has 7 nitrogen and oxygen atoms in total. The number of rotatable bonds is 10. The monoisotopic (exact) mass is 308 g/mol. The Morgan fingerprint density at radius 3 is 2.40 bits per heavy atom. The summed E-state index contributed by atoms with van der Waals surface area (Å²) in [5.74, 6) is 0.701. The van der Waals surface area contributed by atoms with Crippen molar-refractivity contribution in [3.8, 4) is 0 Å². The van der Waals surface area contributed by atoms with Crippen molar-refractivity contribution >= 4 is 16.0 Å². The summed E-state index contributed by atoms with van der Waals surface area (Å²) in [6.07, 6.45) is 1.96. The Morgan fingerprint density at radius 2 is 1.90 bits per heavy atom. The highest BCUT2D eigenvalue weighted by molar-refractivity contribution is 7.88. The van der Waals surface area contributed by atoms with Crippen molar-refractivity contribution in [3.05, 3.63) is 0 Å². The molecule has 120 valence electrons. The molecular formula is C12H28N4O3S. The molecule has 20 heavy (non-hydrogen) atoms. The van der Waals surface area contributed by atoms with E-state index in [1.807, 2.05) is 13.8 Å². The zero-order valence-electron chi connectivity index (χ0n) is 13.0. The molecule has 0 aromatic rings. The molecular weight excluding hydrogens is 280 g/mol. The van der Waals surface area contributed by atoms with Gasteiger partial charge in [-0.25, -0.2) is 12.7 Å². The standard InChI is InChI=1S/C12H28N4O3S/c1-5-16(20(4,17)18)10-7-8-14-12(13-3)15-9-11-19-6-2/h5-11H2,1-4H3,(H2,13,14,15). The third kappa shape index (κ3) is 9.11. The Morgan fingerprint density at radius 1 is 1.25 bits per heavy atom. The maximum Gasteiger partial charge on any atom is 0.211 e. The molecule has 0 saturated carbocycles. The van der Waals surface area contributed by atoms with Gasteiger partial charge in [-0.1, -0.05) is 6.92 Å². The molecule has 0 aliphatic heterocycles. The molecule has 0 saturated heterocycles. The minimum atomic E-state index is -3.10. The Kier molecular flexibility index (Phi) is 10.4. The molecule has 0 fully saturated rings. The number of ether oxygens (including phenoxy) is 1. The van der Waals surface area contributed by atoms with Crippen molar-refractivity contribution in [2.45, 2.75) is 20.3 Å². The van der Waals surface area contributed by atoms with Crippen LogP contribution in [0.4, 0.5) is 0 Å². The molecule has 0 spiro atoms. The van der Waals surface area contributed by atoms with Crippen molar-refractivity contribution in [2.75, 3.05) is 52.7 Å². The van der Waals surface area contributed by atoms with Gasteiger partial charge < -0.3 is 15.4 Å². The van der Waals surface area contributed by atoms with Crippen LogP contribution in [-0.2, 0) is 14.8 Å². The van der Waals surface area contributed by atoms with Gasteiger partial charge in [-0.15, -0.1) is 0 Å². The van der Waals surface area contributed by atoms with Gasteiger partial charge in [0.15, 0.2) is 5.96 Å². The average Bonchev–Trinajstić information content (AvgIpc) is 2.39. The van der Waals surface area contributed by atoms with Crippen molar-refractivity contribution < 1.29 is 13.2 Å². The Hall–Kier alpha value is -0.860. The van der Waals surface area contributed by atoms with Crippen LogP contribution in [0.15, 0.2) is 4.99 Å². The quantitative estimate of drug-likeness (QED) is 0.333. The third-order valence-electron chi connectivity index (χ3n) is 2.67. The van der Waals surface area contributed by atoms with Crippen LogP contribution in [0.3, 0.4) is 0 Å². The smallest absolute Gasteiger partial charge is 0.211 e. The molecule has 0 rings (SSSR count). The zero-order chi connectivity index (χ0) is 15.4. The summed E-state index contributed by atoms with van der Waals surface area (Å²) < 4.78 is 29.5. The van der Waals surface area contributed by atoms with E-state index in [0.29, 0.717) is 45.4 Å². The summed E-state index contributed by atoms with van der Waals surface area (Å²) in [6, 6.07) is 0. The molecule has 0 aromatic heterocycles. The summed E-state index contributed by atoms with van der Waals surface area (Å²) in [5.41, 5.74) is 0. The SMILES string of the molecule is CCOCCNC(=NC)NCCCN(CC)S(C)(=O)=O. The lowest BCUT2D eigenvalue weighted by atomic mass is 10.4. The summed E-state index contributed by atoms with van der Waals surface area (Å²) in [7, 11) is -1.40. The number of nitrogens with zero attached hydrogens (tertiary/aromatic N) is 2. The van der Waals surface area contributed by atoms with E-state index in [2.05, 4.69) is 15.6 Å². The number of aliphatic imine (C=N–C) groups is 1. The van der Waals surface area contributed by atoms with Gasteiger partial charge in [-0.05, 0) is 13.3 Å². The number of hydrogen-bond donors (Lipinski definition) is 2. The highest BCUT2D eigenvalue weighted by atomic mass is 32.2. The zero-order valence-corrected chi connectivity index (χ0v) is 13.8. The van der Waals surface area contributed by atoms with E-state index in [0.717, 1.165) is 6.42 Å². The van der Waals surface area contributed by atoms with Gasteiger partial charge in [0.05, 0.1) is 12.9 Å². The predicted molar refractivity (Wildman–Crippen MR) is 82.6 cm³/mol. The molecule has 0 heterocycles. The average molecular weight is 308 g/mol. The lowest BCUT2D eigenvalue weighted by molar-refractivity contribution is 0.152. The van der Waals surface area contributed by atoms with Crippen LogP contribution in [0.1, 0.15) is 20.3 Å². The topological polar surface area (TPSA) is 83.0 Å². The van der Waals surface area contributed by atoms with Crippen LogP contribution < -0.4 is 10.6 Å². The van der Waals surface area contributed by atoms with E-state index in [1.165, 1.54) is 10.6 Å². The molecule has 0 aliphatic carbocycles. The molecule has 2 N–H and O–H groups in total. The van der Waals surface area contributed by atoms with Crippen molar-refractivity contribution in [3.63, 3.8) is 0 Å². The van der Waals surface area contributed by atoms with Crippen LogP contribution in [0, 0.1) is 0 Å². The molecule has 0 amide bonds. The van der Waals surface area contributed by atoms with Crippen LogP contribution in [0.5, 0.6) is 0 Å². The van der Waals surface area contributed by atoms with E-state index < -0.39 is 10.0 Å². The van der Waals surface area contributed by atoms with E-state index in [9.17, 15) is 8.42 Å². The second kappa shape index (κ2) is 10.9. The summed E-state index contributed by atoms with van der Waals surface area (Å²) in [6.45, 7) is 7.49. The minimum Gasteiger partial charge on any atom is -0.380 e. The van der Waals surface area contributed by atoms with Gasteiger partial charge in [0.1, 0.15) is 0 Å². The van der Waals surface area contributed by atoms with Gasteiger partial charge >= 0.3 is 0 Å². The van der Waals surface area contributed by atoms with E-state index in [-0.39, 0.29) is 0 Å². The number of guanidine groups is 1. The first kappa shape index (κ1) is 19.1. The largest absolute Gasteiger partial charge is 0.380 e. The van der Waals surface area contributed by atoms with Crippen LogP contribution in [-0.4, -0.2) is 71.4 Å². The minimum absolute atomic E-state index is 0.500. The molecule has 8 heteroatoms. The maximum atomic E-state index is 11.4. The molecule has 0 aliphatic rings. The Labute approximate surface area is 122 Å². The second-order valence-corrected chi connectivity index (χ2v) is 6.21. The summed E-state index contributed by atoms with van der Waals surface area (Å²) >= 11 is 0. The lowest BCUT2D eigenvalue weighted by Crippen LogP contribution is -2.40. The van der Waals surface area contributed by atoms with E-state index in [4.69, 9.17) is 4.74 Å². The van der Waals surface area contributed by atoms with E-state index >= 15 is 0 Å². The van der Waals surface area contributed by atoms with E-state index in [1.54, 1.807) is 7.05 Å². The van der Waals surface area contributed by atoms with Gasteiger partial charge in [0.2, 0.25) is 10.0 Å². The maximum absolute atomic E-state index is 11.4. The third-order valence-corrected chi connectivity index (χ3v) is 4.04. The summed E-state index contributed by atoms with van der Waals surface area (Å²) in [5, 5.41) is 6.26. The van der Waals surface area contributed by atoms with Crippen LogP contribution in [0.25, 0.3) is 0 Å². The Balaban J connectivity index is 3.86. The van der Waals surface area contributed by atoms with Crippen molar-refractivity contribution in [2.24, 2.45) is 4.99 Å². The predicted octanol–water partition coefficient (Wildman–Crippen LogP) is -0.140. The highest BCUT2D eigenvalue weighted by Gasteiger charge is 2.13. The first-order valence-corrected chi connectivity index (χ1v) is 8.77. The van der Waals surface area contributed by atoms with Crippen LogP contribution in [0.2, 0.25) is 0 Å². The molecule has 0 aromatic carbocycles. The lowest BCUT2D eigenvalue weighted by Gasteiger charge is -2.18. The Bertz CT molecular complexity index is 371. The van der Waals surface area contributed by atoms with Gasteiger partial charge in [-0.3, -0.25) is 4.99 Å². The number of hydrogen-bond acceptors (Lipinski definition) is 4. The fourth-order valence-corrected chi connectivity index (χ4v) is 2.56. The molecule has 0 unspecified atom stereocenters. The summed E-state index contributed by atoms with van der Waals surface area (Å²) in [4.78, 5) is 4.08. The highest BCUT2D eigenvalue weighted by Crippen LogP contribution is 1.97. The molecule has 0 atom stereocenters. The van der Waals surface area contributed by atoms with Gasteiger partial charge in [0.25, 0.3) is 0 Å². The van der Waals surface area contributed by atoms with Crippen molar-refractivity contribution in [1.82, 2.24) is 14.9 Å². The molecule has 0 bridgehead atoms. The second-order valence-electron chi connectivity index (χ2n) is 4.23. The van der Waals surface area contributed by atoms with Crippen LogP contribution >= 0.6 is 0 Å². The van der Waals surface area contributed by atoms with Gasteiger partial charge in [0, 0.05) is 39.8 Å². The fourth-order valence-electron chi connectivity index (χ4n) is 1.63. The number of sulfonamides is 1.